The highest BCUT2D eigenvalue weighted by Crippen LogP contribution is 2.51. The number of hydrogen-bond acceptors (Lipinski definition) is 5. The minimum absolute atomic E-state index is 0.114. The lowest BCUT2D eigenvalue weighted by atomic mass is 9.82. The van der Waals surface area contributed by atoms with Gasteiger partial charge in [-0.2, -0.15) is 0 Å². The SMILES string of the molecule is CC1(C)c2ccccc2-c2ccc(N(c3ccccc3)c3ccc(-c4cc5c6ccccc6oc5c5c(-c6nc(-c7ccccc7)nc(-c7ccccc7)n6)cccc45)cc3)cc21. The van der Waals surface area contributed by atoms with Crippen LogP contribution in [0.3, 0.4) is 0 Å². The van der Waals surface area contributed by atoms with Crippen molar-refractivity contribution in [3.8, 4) is 56.4 Å². The minimum atomic E-state index is -0.114. The van der Waals surface area contributed by atoms with Crippen molar-refractivity contribution in [2.24, 2.45) is 0 Å². The predicted molar refractivity (Wildman–Crippen MR) is 259 cm³/mol. The van der Waals surface area contributed by atoms with E-state index in [4.69, 9.17) is 19.4 Å². The summed E-state index contributed by atoms with van der Waals surface area (Å²) < 4.78 is 6.79. The molecule has 0 spiro atoms. The fraction of sp³-hybridized carbons (Fsp3) is 0.0517. The molecular weight excluding hydrogens is 769 g/mol. The lowest BCUT2D eigenvalue weighted by Gasteiger charge is -2.28. The Morgan fingerprint density at radius 3 is 1.67 bits per heavy atom. The molecule has 63 heavy (non-hydrogen) atoms. The highest BCUT2D eigenvalue weighted by Gasteiger charge is 2.35. The number of rotatable bonds is 7. The quantitative estimate of drug-likeness (QED) is 0.160. The van der Waals surface area contributed by atoms with E-state index in [1.807, 2.05) is 72.8 Å². The maximum absolute atomic E-state index is 6.79. The van der Waals surface area contributed by atoms with E-state index in [9.17, 15) is 0 Å². The van der Waals surface area contributed by atoms with Crippen molar-refractivity contribution in [2.45, 2.75) is 19.3 Å². The van der Waals surface area contributed by atoms with E-state index in [0.29, 0.717) is 17.5 Å². The number of hydrogen-bond donors (Lipinski definition) is 0. The minimum Gasteiger partial charge on any atom is -0.455 e. The molecule has 2 heterocycles. The van der Waals surface area contributed by atoms with Gasteiger partial charge >= 0.3 is 0 Å². The first-order chi connectivity index (χ1) is 31.0. The molecule has 11 aromatic rings. The van der Waals surface area contributed by atoms with Gasteiger partial charge in [0, 0.05) is 55.3 Å². The van der Waals surface area contributed by atoms with Gasteiger partial charge in [0.15, 0.2) is 17.5 Å². The van der Waals surface area contributed by atoms with Crippen molar-refractivity contribution in [1.82, 2.24) is 15.0 Å². The zero-order valence-corrected chi connectivity index (χ0v) is 34.8. The second kappa shape index (κ2) is 14.5. The molecular formula is C58H40N4O. The average molecular weight is 809 g/mol. The Labute approximate surface area is 365 Å². The van der Waals surface area contributed by atoms with Crippen LogP contribution in [0.15, 0.2) is 211 Å². The third-order valence-corrected chi connectivity index (χ3v) is 12.7. The van der Waals surface area contributed by atoms with E-state index in [0.717, 1.165) is 77.6 Å². The molecule has 9 aromatic carbocycles. The molecule has 0 saturated heterocycles. The highest BCUT2D eigenvalue weighted by molar-refractivity contribution is 6.22. The molecule has 5 nitrogen and oxygen atoms in total. The average Bonchev–Trinajstić information content (AvgIpc) is 3.83. The Kier molecular flexibility index (Phi) is 8.44. The van der Waals surface area contributed by atoms with Crippen molar-refractivity contribution < 1.29 is 4.42 Å². The summed E-state index contributed by atoms with van der Waals surface area (Å²) in [6.07, 6.45) is 0. The molecule has 0 unspecified atom stereocenters. The van der Waals surface area contributed by atoms with E-state index in [-0.39, 0.29) is 5.41 Å². The van der Waals surface area contributed by atoms with Gasteiger partial charge < -0.3 is 9.32 Å². The summed E-state index contributed by atoms with van der Waals surface area (Å²) in [5.41, 5.74) is 15.1. The number of furan rings is 1. The van der Waals surface area contributed by atoms with Crippen LogP contribution in [0.5, 0.6) is 0 Å². The van der Waals surface area contributed by atoms with E-state index in [1.54, 1.807) is 0 Å². The van der Waals surface area contributed by atoms with Gasteiger partial charge in [0.2, 0.25) is 0 Å². The summed E-state index contributed by atoms with van der Waals surface area (Å²) in [4.78, 5) is 17.7. The number of anilines is 3. The van der Waals surface area contributed by atoms with Gasteiger partial charge in [-0.15, -0.1) is 0 Å². The van der Waals surface area contributed by atoms with E-state index >= 15 is 0 Å². The maximum Gasteiger partial charge on any atom is 0.164 e. The largest absolute Gasteiger partial charge is 0.455 e. The van der Waals surface area contributed by atoms with Crippen LogP contribution in [-0.2, 0) is 5.41 Å². The van der Waals surface area contributed by atoms with Gasteiger partial charge in [0.1, 0.15) is 11.2 Å². The topological polar surface area (TPSA) is 55.1 Å². The van der Waals surface area contributed by atoms with E-state index in [2.05, 4.69) is 152 Å². The van der Waals surface area contributed by atoms with Gasteiger partial charge in [0.05, 0.1) is 0 Å². The highest BCUT2D eigenvalue weighted by atomic mass is 16.3. The van der Waals surface area contributed by atoms with Crippen LogP contribution >= 0.6 is 0 Å². The van der Waals surface area contributed by atoms with Crippen molar-refractivity contribution in [3.63, 3.8) is 0 Å². The Balaban J connectivity index is 1.04. The van der Waals surface area contributed by atoms with Gasteiger partial charge in [-0.25, -0.2) is 15.0 Å². The van der Waals surface area contributed by atoms with Crippen LogP contribution in [0.1, 0.15) is 25.0 Å². The van der Waals surface area contributed by atoms with Crippen LogP contribution in [0.2, 0.25) is 0 Å². The fourth-order valence-electron chi connectivity index (χ4n) is 9.64. The van der Waals surface area contributed by atoms with E-state index < -0.39 is 0 Å². The summed E-state index contributed by atoms with van der Waals surface area (Å²) in [5.74, 6) is 1.81. The van der Waals surface area contributed by atoms with Crippen molar-refractivity contribution in [2.75, 3.05) is 4.90 Å². The Hall–Kier alpha value is -8.15. The Morgan fingerprint density at radius 1 is 0.381 bits per heavy atom. The maximum atomic E-state index is 6.79. The molecule has 0 amide bonds. The first kappa shape index (κ1) is 36.7. The van der Waals surface area contributed by atoms with Crippen LogP contribution in [-0.4, -0.2) is 15.0 Å². The smallest absolute Gasteiger partial charge is 0.164 e. The lowest BCUT2D eigenvalue weighted by Crippen LogP contribution is -2.16. The summed E-state index contributed by atoms with van der Waals surface area (Å²) in [6, 6.07) is 72.6. The van der Waals surface area contributed by atoms with Crippen LogP contribution in [0.25, 0.3) is 89.1 Å². The molecule has 0 N–H and O–H groups in total. The van der Waals surface area contributed by atoms with E-state index in [1.165, 1.54) is 22.3 Å². The third-order valence-electron chi connectivity index (χ3n) is 12.7. The molecule has 2 aromatic heterocycles. The van der Waals surface area contributed by atoms with Crippen molar-refractivity contribution in [3.05, 3.63) is 217 Å². The first-order valence-corrected chi connectivity index (χ1v) is 21.4. The monoisotopic (exact) mass is 808 g/mol. The fourth-order valence-corrected chi connectivity index (χ4v) is 9.64. The summed E-state index contributed by atoms with van der Waals surface area (Å²) in [6.45, 7) is 4.67. The summed E-state index contributed by atoms with van der Waals surface area (Å²) >= 11 is 0. The molecule has 0 fully saturated rings. The van der Waals surface area contributed by atoms with Gasteiger partial charge in [-0.05, 0) is 87.3 Å². The predicted octanol–water partition coefficient (Wildman–Crippen LogP) is 15.4. The second-order valence-electron chi connectivity index (χ2n) is 16.8. The number of nitrogens with zero attached hydrogens (tertiary/aromatic N) is 4. The van der Waals surface area contributed by atoms with Crippen LogP contribution in [0.4, 0.5) is 17.1 Å². The van der Waals surface area contributed by atoms with Gasteiger partial charge in [0.25, 0.3) is 0 Å². The Morgan fingerprint density at radius 2 is 0.937 bits per heavy atom. The molecule has 0 atom stereocenters. The molecule has 0 saturated carbocycles. The second-order valence-corrected chi connectivity index (χ2v) is 16.8. The molecule has 298 valence electrons. The molecule has 0 aliphatic heterocycles. The van der Waals surface area contributed by atoms with Crippen LogP contribution in [0, 0.1) is 0 Å². The molecule has 0 bridgehead atoms. The third kappa shape index (κ3) is 6.04. The molecule has 12 rings (SSSR count). The van der Waals surface area contributed by atoms with Crippen LogP contribution < -0.4 is 4.90 Å². The zero-order chi connectivity index (χ0) is 42.1. The molecule has 1 aliphatic carbocycles. The van der Waals surface area contributed by atoms with Gasteiger partial charge in [-0.3, -0.25) is 0 Å². The summed E-state index contributed by atoms with van der Waals surface area (Å²) in [5, 5.41) is 4.11. The number of para-hydroxylation sites is 2. The zero-order valence-electron chi connectivity index (χ0n) is 34.8. The lowest BCUT2D eigenvalue weighted by molar-refractivity contribution is 0.660. The van der Waals surface area contributed by atoms with Gasteiger partial charge in [-0.1, -0.05) is 172 Å². The number of benzene rings is 9. The summed E-state index contributed by atoms with van der Waals surface area (Å²) in [7, 11) is 0. The number of fused-ring (bicyclic) bond motifs is 8. The number of aromatic nitrogens is 3. The molecule has 0 radical (unpaired) electrons. The molecule has 5 heteroatoms. The Bertz CT molecular complexity index is 3470. The normalized spacial score (nSPS) is 12.7. The molecule has 1 aliphatic rings. The standard InChI is InChI=1S/C58H40N4O/c1-58(2)50-27-14-12-23-43(50)44-34-33-42(35-51(44)58)62(40-21-10-5-11-22-40)41-31-29-37(30-32-41)48-36-49-45-24-13-15-28-52(45)63-54(49)53-46(48)25-16-26-47(53)57-60-55(38-17-6-3-7-18-38)59-56(61-57)39-19-8-4-9-20-39/h3-36H,1-2H3. The van der Waals surface area contributed by atoms with Crippen molar-refractivity contribution in [1.29, 1.82) is 0 Å². The van der Waals surface area contributed by atoms with Crippen molar-refractivity contribution >= 4 is 49.8 Å². The first-order valence-electron chi connectivity index (χ1n) is 21.4.